The molecule has 2 aromatic heterocycles. The number of nitrogens with zero attached hydrogens (tertiary/aromatic N) is 8. The number of H-pyrrole nitrogens is 2. The second kappa shape index (κ2) is 27.0. The number of hydrogen-bond acceptors (Lipinski definition) is 22. The molecule has 0 amide bonds. The summed E-state index contributed by atoms with van der Waals surface area (Å²) in [6.45, 7) is -1.58. The first-order valence-electron chi connectivity index (χ1n) is 20.6. The van der Waals surface area contributed by atoms with E-state index in [4.69, 9.17) is 0 Å². The third-order valence-corrected chi connectivity index (χ3v) is 13.2. The number of anilines is 6. The van der Waals surface area contributed by atoms with Crippen LogP contribution < -0.4 is 31.7 Å². The van der Waals surface area contributed by atoms with Crippen LogP contribution in [0.3, 0.4) is 0 Å². The van der Waals surface area contributed by atoms with Crippen LogP contribution in [0, 0.1) is 0 Å². The number of aliphatic hydroxyl groups excluding tert-OH is 4. The molecule has 0 atom stereocenters. The Balaban J connectivity index is 0.00000593. The van der Waals surface area contributed by atoms with Crippen LogP contribution in [0.25, 0.3) is 12.2 Å². The molecule has 4 aromatic carbocycles. The van der Waals surface area contributed by atoms with Crippen molar-refractivity contribution in [2.24, 2.45) is 9.98 Å². The van der Waals surface area contributed by atoms with Gasteiger partial charge in [0.1, 0.15) is 9.79 Å². The van der Waals surface area contributed by atoms with Gasteiger partial charge in [-0.3, -0.25) is 28.2 Å². The summed E-state index contributed by atoms with van der Waals surface area (Å²) >= 11 is 0. The molecule has 0 aliphatic heterocycles. The maximum atomic E-state index is 12.8. The molecule has 12 N–H and O–H groups in total. The van der Waals surface area contributed by atoms with Gasteiger partial charge in [0.25, 0.3) is 40.5 Å². The summed E-state index contributed by atoms with van der Waals surface area (Å²) in [4.78, 5) is 32.2. The first-order valence-corrected chi connectivity index (χ1v) is 26.3. The quantitative estimate of drug-likeness (QED) is 0.0239. The fraction of sp³-hybridized carbons (Fsp3) is 0.200. The largest absolute Gasteiger partial charge is 0.395 e. The standard InChI is InChI=1S/C40H44N12O16S4.K.Na/c53-19-15-51(16-20-54)39-47-35(41-27-7-11-31(12-8-27)69(57,58)59)45-37(49-39)43-29-5-3-25(33(23-29)71(63,64)65)1-2-26-4-6-30(24-34(26)72(66,67)68)44-38-46-36(48-40(50-38)52(17-21-55)18-22-56)42-28-9-13-32(14-10-28)70(60,61)62;;/h1-14,23-24,53-56H,15-22H2,(H,57,58,59)(H,60,61,62)(H,63,64,65)(H,66,67,68)(H2,41,43,45,47,49)(H2,42,44,46,48,50);;. The number of aliphatic hydroxyl groups is 4. The Kier molecular flexibility index (Phi) is 22.7. The van der Waals surface area contributed by atoms with Gasteiger partial charge >= 0.3 is 0 Å². The van der Waals surface area contributed by atoms with Crippen molar-refractivity contribution < 1.29 is 72.3 Å². The Morgan fingerprint density at radius 2 is 0.811 bits per heavy atom. The average molecular weight is 1140 g/mol. The minimum atomic E-state index is -5.04. The van der Waals surface area contributed by atoms with Crippen LogP contribution in [-0.2, 0) is 40.5 Å². The van der Waals surface area contributed by atoms with E-state index in [-0.39, 0.29) is 202 Å². The molecule has 386 valence electrons. The maximum Gasteiger partial charge on any atom is 0.295 e. The van der Waals surface area contributed by atoms with Gasteiger partial charge in [-0.25, -0.2) is 9.98 Å². The molecule has 0 saturated heterocycles. The van der Waals surface area contributed by atoms with Gasteiger partial charge in [0.2, 0.25) is 35.0 Å². The number of nitrogens with one attached hydrogen (secondary N) is 4. The van der Waals surface area contributed by atoms with Crippen molar-refractivity contribution in [2.75, 3.05) is 73.0 Å². The van der Waals surface area contributed by atoms with Gasteiger partial charge in [-0.2, -0.15) is 53.6 Å². The molecule has 6 rings (SSSR count). The number of benzene rings is 4. The van der Waals surface area contributed by atoms with Gasteiger partial charge in [0, 0.05) is 118 Å². The van der Waals surface area contributed by atoms with E-state index in [0.717, 1.165) is 48.6 Å². The smallest absolute Gasteiger partial charge is 0.295 e. The zero-order chi connectivity index (χ0) is 52.4. The van der Waals surface area contributed by atoms with Crippen molar-refractivity contribution in [3.8, 4) is 0 Å². The molecule has 74 heavy (non-hydrogen) atoms. The topological polar surface area (TPSA) is 437 Å². The summed E-state index contributed by atoms with van der Waals surface area (Å²) in [7, 11) is -19.1. The zero-order valence-corrected chi connectivity index (χ0v) is 47.3. The van der Waals surface area contributed by atoms with Crippen LogP contribution >= 0.6 is 0 Å². The Morgan fingerprint density at radius 3 is 1.09 bits per heavy atom. The van der Waals surface area contributed by atoms with Crippen LogP contribution in [-0.4, -0.2) is 236 Å². The summed E-state index contributed by atoms with van der Waals surface area (Å²) < 4.78 is 136. The number of aromatic nitrogens is 6. The van der Waals surface area contributed by atoms with E-state index in [1.54, 1.807) is 0 Å². The SMILES string of the molecule is O=S(=O)(O)c1ccc(Nc2nc(N(CCO)CCO)[nH]c(=Nc3ccc(C=Cc4ccc(N=c5nc(Nc6ccc(S(=O)(=O)O)cc6)nc(N(CCO)CCO)[nH]5)cc4S(=O)(=O)O)c(S(=O)(=O)O)c3)n2)cc1.[K].[Na]. The van der Waals surface area contributed by atoms with Crippen LogP contribution in [0.15, 0.2) is 114 Å². The molecular weight excluding hydrogens is 1090 g/mol. The second-order valence-electron chi connectivity index (χ2n) is 14.7. The Bertz CT molecular complexity index is 3330. The predicted octanol–water partition coefficient (Wildman–Crippen LogP) is -0.148. The van der Waals surface area contributed by atoms with Gasteiger partial charge in [0.05, 0.1) is 47.6 Å². The number of hydrogen-bond donors (Lipinski definition) is 12. The van der Waals surface area contributed by atoms with Gasteiger partial charge in [-0.05, 0) is 83.9 Å². The summed E-state index contributed by atoms with van der Waals surface area (Å²) in [6, 6.07) is 16.6. The fourth-order valence-electron chi connectivity index (χ4n) is 6.42. The average Bonchev–Trinajstić information content (AvgIpc) is 3.30. The predicted molar refractivity (Wildman–Crippen MR) is 268 cm³/mol. The van der Waals surface area contributed by atoms with Crippen molar-refractivity contribution >= 4 is 180 Å². The molecule has 0 unspecified atom stereocenters. The Morgan fingerprint density at radius 1 is 0.486 bits per heavy atom. The van der Waals surface area contributed by atoms with Crippen LogP contribution in [0.2, 0.25) is 0 Å². The van der Waals surface area contributed by atoms with E-state index in [1.807, 2.05) is 0 Å². The van der Waals surface area contributed by atoms with Crippen molar-refractivity contribution in [3.63, 3.8) is 0 Å². The van der Waals surface area contributed by atoms with E-state index in [0.29, 0.717) is 0 Å². The van der Waals surface area contributed by atoms with E-state index >= 15 is 0 Å². The molecule has 0 bridgehead atoms. The summed E-state index contributed by atoms with van der Waals surface area (Å²) in [5, 5.41) is 44.3. The minimum absolute atomic E-state index is 0. The zero-order valence-electron chi connectivity index (χ0n) is 38.9. The van der Waals surface area contributed by atoms with Crippen molar-refractivity contribution in [1.29, 1.82) is 0 Å². The first kappa shape index (κ1) is 62.1. The summed E-state index contributed by atoms with van der Waals surface area (Å²) in [6.07, 6.45) is 2.25. The summed E-state index contributed by atoms with van der Waals surface area (Å²) in [5.41, 5.74) is -0.541. The van der Waals surface area contributed by atoms with E-state index < -0.39 is 60.1 Å². The molecule has 0 saturated carbocycles. The monoisotopic (exact) mass is 1140 g/mol. The van der Waals surface area contributed by atoms with Crippen molar-refractivity contribution in [3.05, 3.63) is 107 Å². The number of rotatable bonds is 22. The van der Waals surface area contributed by atoms with Crippen molar-refractivity contribution in [1.82, 2.24) is 29.9 Å². The molecule has 6 aromatic rings. The second-order valence-corrected chi connectivity index (χ2v) is 20.3. The summed E-state index contributed by atoms with van der Waals surface area (Å²) in [5.74, 6) is -0.277. The normalized spacial score (nSPS) is 12.5. The maximum absolute atomic E-state index is 12.8. The van der Waals surface area contributed by atoms with E-state index in [2.05, 4.69) is 50.5 Å². The van der Waals surface area contributed by atoms with Crippen molar-refractivity contribution in [2.45, 2.75) is 19.6 Å². The molecule has 34 heteroatoms. The van der Waals surface area contributed by atoms with Gasteiger partial charge in [-0.1, -0.05) is 24.3 Å². The fourth-order valence-corrected chi connectivity index (χ4v) is 8.79. The molecule has 0 aliphatic carbocycles. The Hall–Kier alpha value is -4.44. The van der Waals surface area contributed by atoms with E-state index in [1.165, 1.54) is 58.3 Å². The van der Waals surface area contributed by atoms with Crippen LogP contribution in [0.5, 0.6) is 0 Å². The van der Waals surface area contributed by atoms with Gasteiger partial charge in [0.15, 0.2) is 0 Å². The van der Waals surface area contributed by atoms with E-state index in [9.17, 15) is 72.3 Å². The molecule has 2 heterocycles. The third-order valence-electron chi connectivity index (χ3n) is 9.65. The van der Waals surface area contributed by atoms with Crippen LogP contribution in [0.1, 0.15) is 11.1 Å². The molecular formula is C40H44KN12NaO16S4. The molecule has 0 aliphatic rings. The third kappa shape index (κ3) is 17.6. The molecule has 2 radical (unpaired) electrons. The van der Waals surface area contributed by atoms with Crippen LogP contribution in [0.4, 0.5) is 46.5 Å². The molecule has 28 nitrogen and oxygen atoms in total. The van der Waals surface area contributed by atoms with Gasteiger partial charge < -0.3 is 40.9 Å². The Labute approximate surface area is 486 Å². The minimum Gasteiger partial charge on any atom is -0.395 e. The molecule has 0 spiro atoms. The number of aromatic amines is 2. The first-order chi connectivity index (χ1) is 34.0. The van der Waals surface area contributed by atoms with Gasteiger partial charge in [-0.15, -0.1) is 0 Å². The molecule has 0 fully saturated rings.